The highest BCUT2D eigenvalue weighted by Gasteiger charge is 2.18. The first-order valence-corrected chi connectivity index (χ1v) is 3.50. The van der Waals surface area contributed by atoms with E-state index >= 15 is 0 Å². The van der Waals surface area contributed by atoms with Gasteiger partial charge in [0.25, 0.3) is 0 Å². The van der Waals surface area contributed by atoms with Crippen molar-refractivity contribution in [3.63, 3.8) is 0 Å². The maximum absolute atomic E-state index is 11.6. The largest absolute Gasteiger partial charge is 0.295 e. The smallest absolute Gasteiger partial charge is 0.158 e. The molecule has 60 valence electrons. The standard InChI is InChI=1S/C10H14O/c1-7(2)9-5-4-8(3)10(11)6-9/h4,9H,1,5-6H2,2-3H3/i5D2,6D2. The predicted molar refractivity (Wildman–Crippen MR) is 46.3 cm³/mol. The topological polar surface area (TPSA) is 17.1 Å². The summed E-state index contributed by atoms with van der Waals surface area (Å²) in [6.07, 6.45) is -2.86. The van der Waals surface area contributed by atoms with Crippen molar-refractivity contribution in [1.82, 2.24) is 0 Å². The zero-order valence-electron chi connectivity index (χ0n) is 10.8. The van der Waals surface area contributed by atoms with Crippen LogP contribution in [0.15, 0.2) is 23.8 Å². The number of Topliss-reactive ketones (excluding diaryl/α,β-unsaturated/α-hetero) is 1. The first-order chi connectivity index (χ1) is 6.60. The lowest BCUT2D eigenvalue weighted by Gasteiger charge is -2.18. The molecular formula is C10H14O. The molecule has 1 heteroatoms. The van der Waals surface area contributed by atoms with Crippen LogP contribution < -0.4 is 0 Å². The Morgan fingerprint density at radius 1 is 1.91 bits per heavy atom. The molecule has 1 unspecified atom stereocenters. The molecule has 0 heterocycles. The van der Waals surface area contributed by atoms with E-state index in [4.69, 9.17) is 5.48 Å². The molecular weight excluding hydrogens is 136 g/mol. The molecule has 0 fully saturated rings. The molecule has 0 radical (unpaired) electrons. The van der Waals surface area contributed by atoms with E-state index in [1.807, 2.05) is 0 Å². The molecule has 1 aliphatic carbocycles. The van der Waals surface area contributed by atoms with E-state index in [1.165, 1.54) is 13.0 Å². The van der Waals surface area contributed by atoms with Gasteiger partial charge in [-0.3, -0.25) is 4.79 Å². The van der Waals surface area contributed by atoms with E-state index in [0.717, 1.165) is 0 Å². The Balaban J connectivity index is 3.37. The Morgan fingerprint density at radius 3 is 3.09 bits per heavy atom. The van der Waals surface area contributed by atoms with Gasteiger partial charge in [0.1, 0.15) is 0 Å². The first-order valence-electron chi connectivity index (χ1n) is 5.50. The summed E-state index contributed by atoms with van der Waals surface area (Å²) in [5.74, 6) is -1.76. The van der Waals surface area contributed by atoms with Crippen molar-refractivity contribution in [3.8, 4) is 0 Å². The molecule has 1 rings (SSSR count). The van der Waals surface area contributed by atoms with E-state index in [2.05, 4.69) is 6.58 Å². The van der Waals surface area contributed by atoms with Gasteiger partial charge in [-0.25, -0.2) is 0 Å². The fourth-order valence-corrected chi connectivity index (χ4v) is 0.826. The molecule has 0 bridgehead atoms. The molecule has 0 aliphatic heterocycles. The van der Waals surface area contributed by atoms with E-state index in [-0.39, 0.29) is 5.57 Å². The number of rotatable bonds is 1. The third-order valence-electron chi connectivity index (χ3n) is 1.59. The van der Waals surface area contributed by atoms with Crippen LogP contribution in [0.2, 0.25) is 0 Å². The van der Waals surface area contributed by atoms with Gasteiger partial charge >= 0.3 is 0 Å². The Kier molecular flexibility index (Phi) is 1.17. The van der Waals surface area contributed by atoms with Crippen molar-refractivity contribution in [3.05, 3.63) is 23.8 Å². The quantitative estimate of drug-likeness (QED) is 0.530. The van der Waals surface area contributed by atoms with Gasteiger partial charge in [-0.2, -0.15) is 0 Å². The van der Waals surface area contributed by atoms with Crippen molar-refractivity contribution in [2.75, 3.05) is 0 Å². The fraction of sp³-hybridized carbons (Fsp3) is 0.500. The highest BCUT2D eigenvalue weighted by Crippen LogP contribution is 2.25. The molecule has 0 saturated heterocycles. The summed E-state index contributed by atoms with van der Waals surface area (Å²) in [5, 5.41) is 0. The van der Waals surface area contributed by atoms with Gasteiger partial charge in [0.2, 0.25) is 0 Å². The molecule has 1 atom stereocenters. The Morgan fingerprint density at radius 2 is 2.55 bits per heavy atom. The van der Waals surface area contributed by atoms with Crippen LogP contribution in [-0.2, 0) is 4.79 Å². The molecule has 1 aliphatic rings. The van der Waals surface area contributed by atoms with Crippen molar-refractivity contribution < 1.29 is 10.3 Å². The highest BCUT2D eigenvalue weighted by atomic mass is 16.1. The molecule has 1 nitrogen and oxygen atoms in total. The van der Waals surface area contributed by atoms with Crippen LogP contribution in [0.1, 0.15) is 32.1 Å². The van der Waals surface area contributed by atoms with Gasteiger partial charge in [0.05, 0.1) is 0 Å². The summed E-state index contributed by atoms with van der Waals surface area (Å²) >= 11 is 0. The Labute approximate surface area is 73.4 Å². The first kappa shape index (κ1) is 4.24. The second kappa shape index (κ2) is 3.04. The van der Waals surface area contributed by atoms with E-state index in [1.54, 1.807) is 6.92 Å². The van der Waals surface area contributed by atoms with Gasteiger partial charge in [-0.05, 0) is 31.7 Å². The summed E-state index contributed by atoms with van der Waals surface area (Å²) in [6, 6.07) is 0. The third kappa shape index (κ3) is 1.79. The number of carbonyl (C=O) groups excluding carboxylic acids is 1. The van der Waals surface area contributed by atoms with E-state index in [0.29, 0.717) is 5.57 Å². The van der Waals surface area contributed by atoms with Crippen LogP contribution in [-0.4, -0.2) is 5.78 Å². The average Bonchev–Trinajstić information content (AvgIpc) is 1.97. The third-order valence-corrected chi connectivity index (χ3v) is 1.59. The predicted octanol–water partition coefficient (Wildman–Crippen LogP) is 2.49. The van der Waals surface area contributed by atoms with Gasteiger partial charge in [0, 0.05) is 11.9 Å². The minimum Gasteiger partial charge on any atom is -0.295 e. The van der Waals surface area contributed by atoms with Gasteiger partial charge in [0.15, 0.2) is 5.78 Å². The second-order valence-electron chi connectivity index (χ2n) is 2.75. The van der Waals surface area contributed by atoms with Crippen LogP contribution in [0, 0.1) is 5.92 Å². The summed E-state index contributed by atoms with van der Waals surface area (Å²) in [4.78, 5) is 11.6. The summed E-state index contributed by atoms with van der Waals surface area (Å²) in [7, 11) is 0. The molecule has 0 aromatic heterocycles. The van der Waals surface area contributed by atoms with Gasteiger partial charge in [-0.15, -0.1) is 0 Å². The molecule has 0 aromatic rings. The molecule has 0 saturated carbocycles. The zero-order valence-corrected chi connectivity index (χ0v) is 6.77. The second-order valence-corrected chi connectivity index (χ2v) is 2.75. The van der Waals surface area contributed by atoms with Gasteiger partial charge < -0.3 is 0 Å². The van der Waals surface area contributed by atoms with Crippen molar-refractivity contribution in [1.29, 1.82) is 0 Å². The summed E-state index contributed by atoms with van der Waals surface area (Å²) in [5.41, 5.74) is 0.490. The normalized spacial score (nSPS) is 39.3. The lowest BCUT2D eigenvalue weighted by atomic mass is 9.85. The minimum absolute atomic E-state index is 0.141. The number of carbonyl (C=O) groups is 1. The number of allylic oxidation sites excluding steroid dienone is 3. The number of hydrogen-bond acceptors (Lipinski definition) is 1. The average molecular weight is 154 g/mol. The monoisotopic (exact) mass is 154 g/mol. The minimum atomic E-state index is -2.20. The number of hydrogen-bond donors (Lipinski definition) is 0. The SMILES string of the molecule is [2H]C1([2H])C=C(C)C(=O)C([2H])([2H])C1C(=C)C. The Bertz CT molecular complexity index is 354. The lowest BCUT2D eigenvalue weighted by Crippen LogP contribution is -2.14. The van der Waals surface area contributed by atoms with E-state index in [9.17, 15) is 4.79 Å². The van der Waals surface area contributed by atoms with Crippen molar-refractivity contribution >= 4 is 5.78 Å². The highest BCUT2D eigenvalue weighted by molar-refractivity contribution is 5.95. The van der Waals surface area contributed by atoms with Crippen LogP contribution in [0.4, 0.5) is 0 Å². The Hall–Kier alpha value is -0.850. The van der Waals surface area contributed by atoms with Crippen molar-refractivity contribution in [2.24, 2.45) is 5.92 Å². The zero-order chi connectivity index (χ0) is 12.0. The maximum atomic E-state index is 11.6. The summed E-state index contributed by atoms with van der Waals surface area (Å²) in [6.45, 7) is 6.55. The lowest BCUT2D eigenvalue weighted by molar-refractivity contribution is -0.116. The van der Waals surface area contributed by atoms with Crippen LogP contribution in [0.3, 0.4) is 0 Å². The summed E-state index contributed by atoms with van der Waals surface area (Å²) < 4.78 is 30.8. The molecule has 0 N–H and O–H groups in total. The molecule has 0 amide bonds. The molecule has 0 spiro atoms. The van der Waals surface area contributed by atoms with Gasteiger partial charge in [-0.1, -0.05) is 18.2 Å². The van der Waals surface area contributed by atoms with Crippen LogP contribution in [0.25, 0.3) is 0 Å². The maximum Gasteiger partial charge on any atom is 0.158 e. The molecule has 0 aromatic carbocycles. The fourth-order valence-electron chi connectivity index (χ4n) is 0.826. The van der Waals surface area contributed by atoms with E-state index < -0.39 is 24.4 Å². The number of ketones is 1. The van der Waals surface area contributed by atoms with Crippen LogP contribution in [0.5, 0.6) is 0 Å². The molecule has 11 heavy (non-hydrogen) atoms. The van der Waals surface area contributed by atoms with Crippen molar-refractivity contribution in [2.45, 2.75) is 26.6 Å². The van der Waals surface area contributed by atoms with Crippen LogP contribution >= 0.6 is 0 Å².